The molecule has 2 aliphatic heterocycles. The summed E-state index contributed by atoms with van der Waals surface area (Å²) in [7, 11) is 0. The zero-order valence-electron chi connectivity index (χ0n) is 46.5. The molecule has 6 aromatic carbocycles. The van der Waals surface area contributed by atoms with Crippen molar-refractivity contribution in [3.05, 3.63) is 158 Å². The van der Waals surface area contributed by atoms with Crippen molar-refractivity contribution in [2.45, 2.75) is 181 Å². The number of fused-ring (bicyclic) bond motifs is 7. The molecule has 5 aliphatic rings. The van der Waals surface area contributed by atoms with Crippen molar-refractivity contribution in [3.8, 4) is 0 Å². The predicted octanol–water partition coefficient (Wildman–Crippen LogP) is 15.3. The second kappa shape index (κ2) is 13.8. The first kappa shape index (κ1) is 41.0. The van der Waals surface area contributed by atoms with Gasteiger partial charge in [0.15, 0.2) is 0 Å². The molecule has 0 amide bonds. The van der Waals surface area contributed by atoms with Gasteiger partial charge in [0.2, 0.25) is 0 Å². The van der Waals surface area contributed by atoms with E-state index in [1.807, 2.05) is 6.07 Å². The first-order valence-corrected chi connectivity index (χ1v) is 25.3. The molecule has 0 atom stereocenters. The summed E-state index contributed by atoms with van der Waals surface area (Å²) >= 11 is 0. The Kier molecular flexibility index (Phi) is 8.46. The van der Waals surface area contributed by atoms with E-state index in [0.717, 1.165) is 54.1 Å². The van der Waals surface area contributed by atoms with Gasteiger partial charge in [0.1, 0.15) is 0 Å². The minimum absolute atomic E-state index is 0.0270. The quantitative estimate of drug-likeness (QED) is 0.163. The minimum atomic E-state index is -2.36. The minimum Gasteiger partial charge on any atom is -0.311 e. The molecule has 2 heterocycles. The number of rotatable bonds is 4. The van der Waals surface area contributed by atoms with Crippen molar-refractivity contribution >= 4 is 57.2 Å². The van der Waals surface area contributed by atoms with E-state index in [-0.39, 0.29) is 44.6 Å². The van der Waals surface area contributed by atoms with Gasteiger partial charge < -0.3 is 9.80 Å². The highest BCUT2D eigenvalue weighted by Crippen LogP contribution is 2.56. The van der Waals surface area contributed by atoms with Gasteiger partial charge in [-0.2, -0.15) is 0 Å². The van der Waals surface area contributed by atoms with Crippen molar-refractivity contribution in [3.63, 3.8) is 0 Å². The van der Waals surface area contributed by atoms with Crippen LogP contribution in [0.5, 0.6) is 0 Å². The first-order chi connectivity index (χ1) is 32.4. The van der Waals surface area contributed by atoms with Crippen LogP contribution in [0.2, 0.25) is 0 Å². The number of hydrogen-bond acceptors (Lipinski definition) is 2. The summed E-state index contributed by atoms with van der Waals surface area (Å²) in [5.74, 6) is 0. The molecule has 0 fully saturated rings. The Balaban J connectivity index is 1.30. The van der Waals surface area contributed by atoms with E-state index in [9.17, 15) is 4.11 Å². The molecule has 0 spiro atoms. The van der Waals surface area contributed by atoms with Gasteiger partial charge >= 0.3 is 0 Å². The Morgan fingerprint density at radius 3 is 1.39 bits per heavy atom. The highest BCUT2D eigenvalue weighted by molar-refractivity contribution is 7.00. The van der Waals surface area contributed by atoms with Gasteiger partial charge in [0, 0.05) is 43.7 Å². The van der Waals surface area contributed by atoms with Gasteiger partial charge in [-0.3, -0.25) is 0 Å². The molecule has 0 bridgehead atoms. The van der Waals surface area contributed by atoms with Gasteiger partial charge in [-0.05, 0) is 193 Å². The van der Waals surface area contributed by atoms with Crippen LogP contribution in [0.15, 0.2) is 97.1 Å². The lowest BCUT2D eigenvalue weighted by Crippen LogP contribution is -2.62. The number of anilines is 6. The maximum absolute atomic E-state index is 9.23. The molecule has 3 heteroatoms. The second-order valence-electron chi connectivity index (χ2n) is 26.3. The van der Waals surface area contributed by atoms with Crippen LogP contribution < -0.4 is 26.2 Å². The number of hydrogen-bond donors (Lipinski definition) is 0. The SMILES string of the molecule is [2H]C([2H])([2H])c1cc2c3c(c1)N(c1cc4c(cc1C)C(C)(C)CC4(C)C)c1cc4c(cc1B3c1cc(C(C)(C)c3ccccc3)ccc1N2c1cc2c(cc1C)C(C)(C)CC2(C)C)C(C)(C)CCC4(C)C. The van der Waals surface area contributed by atoms with Gasteiger partial charge in [0.05, 0.1) is 0 Å². The van der Waals surface area contributed by atoms with Crippen LogP contribution in [-0.4, -0.2) is 6.71 Å². The van der Waals surface area contributed by atoms with Crippen molar-refractivity contribution in [2.75, 3.05) is 9.80 Å². The Bertz CT molecular complexity index is 3220. The Morgan fingerprint density at radius 1 is 0.448 bits per heavy atom. The van der Waals surface area contributed by atoms with E-state index in [1.54, 1.807) is 0 Å². The van der Waals surface area contributed by atoms with Gasteiger partial charge in [-0.25, -0.2) is 0 Å². The highest BCUT2D eigenvalue weighted by atomic mass is 15.2. The number of benzene rings is 6. The molecule has 2 nitrogen and oxygen atoms in total. The fourth-order valence-electron chi connectivity index (χ4n) is 14.7. The molecule has 11 rings (SSSR count). The third kappa shape index (κ3) is 6.34. The summed E-state index contributed by atoms with van der Waals surface area (Å²) in [4.78, 5) is 5.00. The molecule has 0 saturated carbocycles. The molecule has 0 aromatic heterocycles. The summed E-state index contributed by atoms with van der Waals surface area (Å²) in [6.45, 7) is 35.7. The molecule has 344 valence electrons. The Hall–Kier alpha value is -5.02. The number of aryl methyl sites for hydroxylation is 3. The van der Waals surface area contributed by atoms with E-state index < -0.39 is 6.85 Å². The van der Waals surface area contributed by atoms with Crippen LogP contribution in [0.4, 0.5) is 34.1 Å². The Labute approximate surface area is 408 Å². The summed E-state index contributed by atoms with van der Waals surface area (Å²) in [5.41, 5.74) is 23.6. The van der Waals surface area contributed by atoms with Crippen LogP contribution in [0.3, 0.4) is 0 Å². The maximum Gasteiger partial charge on any atom is 0.252 e. The van der Waals surface area contributed by atoms with E-state index in [4.69, 9.17) is 0 Å². The second-order valence-corrected chi connectivity index (χ2v) is 26.3. The summed E-state index contributed by atoms with van der Waals surface area (Å²) in [5, 5.41) is 0. The fourth-order valence-corrected chi connectivity index (χ4v) is 14.7. The van der Waals surface area contributed by atoms with Crippen LogP contribution in [-0.2, 0) is 37.9 Å². The van der Waals surface area contributed by atoms with Crippen molar-refractivity contribution in [1.29, 1.82) is 0 Å². The fraction of sp³-hybridized carbons (Fsp3) is 0.438. The van der Waals surface area contributed by atoms with E-state index in [1.165, 1.54) is 77.7 Å². The van der Waals surface area contributed by atoms with Gasteiger partial charge in [-0.15, -0.1) is 0 Å². The third-order valence-corrected chi connectivity index (χ3v) is 18.1. The van der Waals surface area contributed by atoms with E-state index in [2.05, 4.69) is 212 Å². The lowest BCUT2D eigenvalue weighted by atomic mass is 9.33. The Morgan fingerprint density at radius 2 is 0.881 bits per heavy atom. The molecule has 0 saturated heterocycles. The molecule has 0 radical (unpaired) electrons. The highest BCUT2D eigenvalue weighted by Gasteiger charge is 2.49. The molecular weight excluding hydrogens is 808 g/mol. The molecule has 67 heavy (non-hydrogen) atoms. The maximum atomic E-state index is 9.23. The normalized spacial score (nSPS) is 21.3. The van der Waals surface area contributed by atoms with Crippen LogP contribution in [0.1, 0.15) is 188 Å². The zero-order valence-corrected chi connectivity index (χ0v) is 43.5. The topological polar surface area (TPSA) is 6.48 Å². The molecule has 6 aromatic rings. The smallest absolute Gasteiger partial charge is 0.252 e. The van der Waals surface area contributed by atoms with Crippen molar-refractivity contribution < 1.29 is 4.11 Å². The van der Waals surface area contributed by atoms with Crippen molar-refractivity contribution in [1.82, 2.24) is 0 Å². The summed E-state index contributed by atoms with van der Waals surface area (Å²) in [6.07, 6.45) is 4.35. The lowest BCUT2D eigenvalue weighted by Gasteiger charge is -2.48. The summed E-state index contributed by atoms with van der Waals surface area (Å²) < 4.78 is 27.7. The van der Waals surface area contributed by atoms with Crippen LogP contribution in [0.25, 0.3) is 0 Å². The third-order valence-electron chi connectivity index (χ3n) is 18.1. The van der Waals surface area contributed by atoms with Crippen molar-refractivity contribution in [2.24, 2.45) is 0 Å². The standard InChI is InChI=1S/C64H75BN2/c1-38-27-55-57-56(28-38)67(53-34-48-44(30-40(53)3)61(10,11)37-63(48,14)15)54-35-46-45(58(4,5)25-26-59(46,6)7)32-50(54)65(57)49-31-42(64(16,17)41-21-19-18-20-22-41)23-24-51(49)66(55)52-33-47-43(29-39(52)2)60(8,9)36-62(47,12)13/h18-24,27-35H,25-26,36-37H2,1-17H3/i1D3. The molecule has 0 unspecified atom stereocenters. The molecule has 3 aliphatic carbocycles. The van der Waals surface area contributed by atoms with Gasteiger partial charge in [-0.1, -0.05) is 158 Å². The average molecular weight is 886 g/mol. The largest absolute Gasteiger partial charge is 0.311 e. The monoisotopic (exact) mass is 886 g/mol. The number of nitrogens with zero attached hydrogens (tertiary/aromatic N) is 2. The van der Waals surface area contributed by atoms with Gasteiger partial charge in [0.25, 0.3) is 6.71 Å². The van der Waals surface area contributed by atoms with E-state index in [0.29, 0.717) is 5.56 Å². The van der Waals surface area contributed by atoms with Crippen LogP contribution in [0, 0.1) is 20.7 Å². The zero-order chi connectivity index (χ0) is 50.4. The molecular formula is C64H75BN2. The van der Waals surface area contributed by atoms with E-state index >= 15 is 0 Å². The lowest BCUT2D eigenvalue weighted by molar-refractivity contribution is 0.332. The average Bonchev–Trinajstić information content (AvgIpc) is 3.56. The van der Waals surface area contributed by atoms with Crippen LogP contribution >= 0.6 is 0 Å². The summed E-state index contributed by atoms with van der Waals surface area (Å²) in [6, 6.07) is 37.3. The predicted molar refractivity (Wildman–Crippen MR) is 290 cm³/mol. The molecule has 0 N–H and O–H groups in total. The first-order valence-electron chi connectivity index (χ1n) is 26.8.